The van der Waals surface area contributed by atoms with Crippen LogP contribution in [-0.4, -0.2) is 33.6 Å². The second-order valence-electron chi connectivity index (χ2n) is 6.88. The lowest BCUT2D eigenvalue weighted by Gasteiger charge is -2.26. The Balaban J connectivity index is 0.00000100. The molecule has 130 valence electrons. The van der Waals surface area contributed by atoms with E-state index in [1.807, 2.05) is 24.3 Å². The Morgan fingerprint density at radius 2 is 1.92 bits per heavy atom. The fourth-order valence-corrected chi connectivity index (χ4v) is 2.87. The van der Waals surface area contributed by atoms with Crippen molar-refractivity contribution in [3.63, 3.8) is 0 Å². The van der Waals surface area contributed by atoms with Crippen LogP contribution in [0.2, 0.25) is 0 Å². The number of rotatable bonds is 2. The molecule has 2 aliphatic rings. The van der Waals surface area contributed by atoms with E-state index < -0.39 is 0 Å². The van der Waals surface area contributed by atoms with Gasteiger partial charge in [-0.05, 0) is 12.5 Å². The highest BCUT2D eigenvalue weighted by Crippen LogP contribution is 2.33. The molecule has 1 aliphatic carbocycles. The minimum Gasteiger partial charge on any atom is -0.388 e. The van der Waals surface area contributed by atoms with Crippen molar-refractivity contribution in [1.29, 1.82) is 0 Å². The molecule has 1 unspecified atom stereocenters. The summed E-state index contributed by atoms with van der Waals surface area (Å²) in [6, 6.07) is -0.0931. The van der Waals surface area contributed by atoms with Crippen molar-refractivity contribution in [3.8, 4) is 0 Å². The van der Waals surface area contributed by atoms with E-state index in [2.05, 4.69) is 47.1 Å². The Morgan fingerprint density at radius 3 is 2.54 bits per heavy atom. The summed E-state index contributed by atoms with van der Waals surface area (Å²) in [5, 5.41) is 9.69. The van der Waals surface area contributed by atoms with Gasteiger partial charge in [0.15, 0.2) is 0 Å². The van der Waals surface area contributed by atoms with Gasteiger partial charge in [-0.25, -0.2) is 4.98 Å². The lowest BCUT2D eigenvalue weighted by molar-refractivity contribution is 0.253. The van der Waals surface area contributed by atoms with E-state index >= 15 is 0 Å². The quantitative estimate of drug-likeness (QED) is 0.766. The molecule has 6 nitrogen and oxygen atoms in total. The highest BCUT2D eigenvalue weighted by molar-refractivity contribution is 6.03. The Bertz CT molecular complexity index is 717. The van der Waals surface area contributed by atoms with E-state index in [9.17, 15) is 5.11 Å². The molecule has 0 amide bonds. The van der Waals surface area contributed by atoms with Gasteiger partial charge in [0.05, 0.1) is 11.7 Å². The lowest BCUT2D eigenvalue weighted by atomic mass is 9.94. The SMILES string of the molecule is CC(C)(C)Cn1c(CO)nc2c1C1=CC=CC=CC1N=C2N.CN. The van der Waals surface area contributed by atoms with Crippen molar-refractivity contribution in [1.82, 2.24) is 9.55 Å². The molecule has 1 aromatic heterocycles. The van der Waals surface area contributed by atoms with Crippen LogP contribution in [0.4, 0.5) is 0 Å². The Morgan fingerprint density at radius 1 is 1.21 bits per heavy atom. The van der Waals surface area contributed by atoms with Gasteiger partial charge < -0.3 is 21.1 Å². The molecule has 0 spiro atoms. The number of aliphatic hydroxyl groups is 1. The number of nitrogens with two attached hydrogens (primary N) is 2. The van der Waals surface area contributed by atoms with Crippen LogP contribution in [0.1, 0.15) is 38.0 Å². The molecule has 1 aromatic rings. The molecule has 24 heavy (non-hydrogen) atoms. The van der Waals surface area contributed by atoms with Crippen LogP contribution in [0.5, 0.6) is 0 Å². The van der Waals surface area contributed by atoms with E-state index in [1.165, 1.54) is 7.05 Å². The number of imidazole rings is 1. The van der Waals surface area contributed by atoms with Gasteiger partial charge in [0.2, 0.25) is 0 Å². The second kappa shape index (κ2) is 7.15. The molecule has 6 heteroatoms. The molecule has 5 N–H and O–H groups in total. The molecular formula is C18H27N5O. The molecule has 0 aromatic carbocycles. The maximum Gasteiger partial charge on any atom is 0.147 e. The summed E-state index contributed by atoms with van der Waals surface area (Å²) in [7, 11) is 1.50. The smallest absolute Gasteiger partial charge is 0.147 e. The Labute approximate surface area is 143 Å². The molecule has 0 fully saturated rings. The largest absolute Gasteiger partial charge is 0.388 e. The molecule has 0 saturated heterocycles. The minimum absolute atomic E-state index is 0.0637. The van der Waals surface area contributed by atoms with Crippen molar-refractivity contribution < 1.29 is 5.11 Å². The predicted molar refractivity (Wildman–Crippen MR) is 98.5 cm³/mol. The molecule has 0 saturated carbocycles. The third-order valence-corrected chi connectivity index (χ3v) is 3.72. The molecule has 1 atom stereocenters. The number of amidine groups is 1. The molecule has 1 aliphatic heterocycles. The zero-order valence-corrected chi connectivity index (χ0v) is 14.8. The van der Waals surface area contributed by atoms with Gasteiger partial charge in [0, 0.05) is 12.1 Å². The summed E-state index contributed by atoms with van der Waals surface area (Å²) >= 11 is 0. The topological polar surface area (TPSA) is 102 Å². The van der Waals surface area contributed by atoms with Gasteiger partial charge >= 0.3 is 0 Å². The molecule has 2 heterocycles. The maximum absolute atomic E-state index is 9.69. The second-order valence-corrected chi connectivity index (χ2v) is 6.88. The van der Waals surface area contributed by atoms with Gasteiger partial charge in [-0.3, -0.25) is 4.99 Å². The minimum atomic E-state index is -0.111. The van der Waals surface area contributed by atoms with Gasteiger partial charge in [-0.2, -0.15) is 0 Å². The van der Waals surface area contributed by atoms with Crippen LogP contribution >= 0.6 is 0 Å². The van der Waals surface area contributed by atoms with Crippen molar-refractivity contribution in [2.75, 3.05) is 7.05 Å². The number of hydrogen-bond donors (Lipinski definition) is 3. The van der Waals surface area contributed by atoms with Crippen LogP contribution in [0, 0.1) is 5.41 Å². The standard InChI is InChI=1S/C17H22N4O.CH5N/c1-17(2,3)10-21-13(9-22)20-14-15(21)11-7-5-4-6-8-12(11)19-16(14)18;1-2/h4-8,12,22H,9-10H2,1-3H3,(H2,18,19);2H2,1H3. The zero-order chi connectivity index (χ0) is 17.9. The molecule has 0 radical (unpaired) electrons. The number of aliphatic hydroxyl groups excluding tert-OH is 1. The highest BCUT2D eigenvalue weighted by atomic mass is 16.3. The van der Waals surface area contributed by atoms with E-state index in [0.29, 0.717) is 17.4 Å². The Kier molecular flexibility index (Phi) is 5.41. The fourth-order valence-electron chi connectivity index (χ4n) is 2.87. The summed E-state index contributed by atoms with van der Waals surface area (Å²) in [4.78, 5) is 9.06. The normalized spacial score (nSPS) is 18.7. The zero-order valence-electron chi connectivity index (χ0n) is 14.8. The van der Waals surface area contributed by atoms with Crippen molar-refractivity contribution >= 4 is 11.4 Å². The predicted octanol–water partition coefficient (Wildman–Crippen LogP) is 1.59. The summed E-state index contributed by atoms with van der Waals surface area (Å²) in [6.07, 6.45) is 10.0. The van der Waals surface area contributed by atoms with E-state index in [4.69, 9.17) is 5.73 Å². The average molecular weight is 329 g/mol. The third-order valence-electron chi connectivity index (χ3n) is 3.72. The van der Waals surface area contributed by atoms with Crippen molar-refractivity contribution in [2.24, 2.45) is 21.9 Å². The highest BCUT2D eigenvalue weighted by Gasteiger charge is 2.31. The first-order chi connectivity index (χ1) is 11.4. The first-order valence-electron chi connectivity index (χ1n) is 8.08. The number of aromatic nitrogens is 2. The molecule has 0 bridgehead atoms. The van der Waals surface area contributed by atoms with Gasteiger partial charge in [0.25, 0.3) is 0 Å². The first kappa shape index (κ1) is 18.2. The van der Waals surface area contributed by atoms with Gasteiger partial charge in [-0.1, -0.05) is 51.2 Å². The lowest BCUT2D eigenvalue weighted by Crippen LogP contribution is -2.27. The van der Waals surface area contributed by atoms with Crippen molar-refractivity contribution in [2.45, 2.75) is 40.0 Å². The van der Waals surface area contributed by atoms with Crippen molar-refractivity contribution in [3.05, 3.63) is 47.6 Å². The maximum atomic E-state index is 9.69. The third kappa shape index (κ3) is 3.49. The molecular weight excluding hydrogens is 302 g/mol. The number of nitrogens with zero attached hydrogens (tertiary/aromatic N) is 3. The van der Waals surface area contributed by atoms with E-state index in [0.717, 1.165) is 17.8 Å². The van der Waals surface area contributed by atoms with Crippen LogP contribution in [-0.2, 0) is 13.2 Å². The molecule has 3 rings (SSSR count). The van der Waals surface area contributed by atoms with Crippen LogP contribution < -0.4 is 11.5 Å². The van der Waals surface area contributed by atoms with Crippen LogP contribution in [0.25, 0.3) is 5.57 Å². The Hall–Kier alpha value is -2.18. The number of aliphatic imine (C=N–C) groups is 1. The number of fused-ring (bicyclic) bond motifs is 3. The van der Waals surface area contributed by atoms with Crippen LogP contribution in [0.3, 0.4) is 0 Å². The average Bonchev–Trinajstić information content (AvgIpc) is 2.72. The van der Waals surface area contributed by atoms with E-state index in [-0.39, 0.29) is 18.1 Å². The number of hydrogen-bond acceptors (Lipinski definition) is 5. The summed E-state index contributed by atoms with van der Waals surface area (Å²) in [6.45, 7) is 7.15. The van der Waals surface area contributed by atoms with E-state index in [1.54, 1.807) is 0 Å². The number of allylic oxidation sites excluding steroid dienone is 4. The first-order valence-corrected chi connectivity index (χ1v) is 8.08. The summed E-state index contributed by atoms with van der Waals surface area (Å²) in [5.74, 6) is 1.07. The monoisotopic (exact) mass is 329 g/mol. The van der Waals surface area contributed by atoms with Gasteiger partial charge in [0.1, 0.15) is 24.0 Å². The van der Waals surface area contributed by atoms with Gasteiger partial charge in [-0.15, -0.1) is 0 Å². The van der Waals surface area contributed by atoms with Crippen LogP contribution in [0.15, 0.2) is 35.4 Å². The summed E-state index contributed by atoms with van der Waals surface area (Å²) < 4.78 is 2.09. The fraction of sp³-hybridized carbons (Fsp3) is 0.444. The summed E-state index contributed by atoms with van der Waals surface area (Å²) in [5.41, 5.74) is 13.4.